The van der Waals surface area contributed by atoms with Gasteiger partial charge in [-0.3, -0.25) is 0 Å². The van der Waals surface area contributed by atoms with Crippen LogP contribution in [0, 0.1) is 13.8 Å². The van der Waals surface area contributed by atoms with E-state index in [9.17, 15) is 5.11 Å². The standard InChI is InChI=1S/C12H17NO2/c1-8-4-3-5-11(9(8)2)15-12-7-13-6-10(12)14/h3-5,10,12-14H,6-7H2,1-2H3/t10-,12-/m1/s1. The number of aliphatic hydroxyl groups excluding tert-OH is 1. The number of nitrogens with one attached hydrogen (secondary N) is 1. The monoisotopic (exact) mass is 207 g/mol. The molecule has 1 aliphatic heterocycles. The Morgan fingerprint density at radius 3 is 2.80 bits per heavy atom. The number of benzene rings is 1. The lowest BCUT2D eigenvalue weighted by atomic mass is 10.1. The smallest absolute Gasteiger partial charge is 0.138 e. The SMILES string of the molecule is Cc1cccc(O[C@@H]2CNC[C@H]2O)c1C. The van der Waals surface area contributed by atoms with Gasteiger partial charge >= 0.3 is 0 Å². The zero-order valence-corrected chi connectivity index (χ0v) is 9.16. The lowest BCUT2D eigenvalue weighted by Crippen LogP contribution is -2.30. The molecule has 1 heterocycles. The topological polar surface area (TPSA) is 41.5 Å². The van der Waals surface area contributed by atoms with Crippen LogP contribution in [0.25, 0.3) is 0 Å². The summed E-state index contributed by atoms with van der Waals surface area (Å²) in [6, 6.07) is 5.99. The van der Waals surface area contributed by atoms with Crippen molar-refractivity contribution >= 4 is 0 Å². The molecule has 15 heavy (non-hydrogen) atoms. The Morgan fingerprint density at radius 1 is 1.33 bits per heavy atom. The van der Waals surface area contributed by atoms with Crippen LogP contribution in [-0.4, -0.2) is 30.4 Å². The van der Waals surface area contributed by atoms with E-state index in [2.05, 4.69) is 18.3 Å². The van der Waals surface area contributed by atoms with Crippen molar-refractivity contribution in [2.45, 2.75) is 26.1 Å². The van der Waals surface area contributed by atoms with Crippen LogP contribution >= 0.6 is 0 Å². The fourth-order valence-corrected chi connectivity index (χ4v) is 1.78. The maximum atomic E-state index is 9.62. The number of aryl methyl sites for hydroxylation is 1. The molecular weight excluding hydrogens is 190 g/mol. The fourth-order valence-electron chi connectivity index (χ4n) is 1.78. The van der Waals surface area contributed by atoms with Crippen molar-refractivity contribution in [2.75, 3.05) is 13.1 Å². The van der Waals surface area contributed by atoms with Crippen LogP contribution in [0.2, 0.25) is 0 Å². The first kappa shape index (κ1) is 10.5. The number of hydrogen-bond acceptors (Lipinski definition) is 3. The summed E-state index contributed by atoms with van der Waals surface area (Å²) in [6.45, 7) is 5.44. The Kier molecular flexibility index (Phi) is 2.93. The summed E-state index contributed by atoms with van der Waals surface area (Å²) < 4.78 is 5.79. The molecule has 0 saturated carbocycles. The molecule has 0 amide bonds. The molecule has 0 spiro atoms. The Labute approximate surface area is 90.1 Å². The normalized spacial score (nSPS) is 25.5. The van der Waals surface area contributed by atoms with Crippen LogP contribution in [-0.2, 0) is 0 Å². The maximum absolute atomic E-state index is 9.62. The first-order chi connectivity index (χ1) is 7.18. The van der Waals surface area contributed by atoms with E-state index in [4.69, 9.17) is 4.74 Å². The summed E-state index contributed by atoms with van der Waals surface area (Å²) >= 11 is 0. The predicted molar refractivity (Wildman–Crippen MR) is 59.2 cm³/mol. The van der Waals surface area contributed by atoms with Crippen LogP contribution < -0.4 is 10.1 Å². The van der Waals surface area contributed by atoms with Crippen molar-refractivity contribution < 1.29 is 9.84 Å². The summed E-state index contributed by atoms with van der Waals surface area (Å²) in [5.74, 6) is 0.878. The second kappa shape index (κ2) is 4.21. The average Bonchev–Trinajstić information content (AvgIpc) is 2.60. The van der Waals surface area contributed by atoms with Crippen LogP contribution in [0.15, 0.2) is 18.2 Å². The Hall–Kier alpha value is -1.06. The average molecular weight is 207 g/mol. The molecule has 82 valence electrons. The van der Waals surface area contributed by atoms with Gasteiger partial charge in [0.05, 0.1) is 0 Å². The van der Waals surface area contributed by atoms with Gasteiger partial charge in [-0.05, 0) is 31.0 Å². The molecule has 3 heteroatoms. The second-order valence-corrected chi connectivity index (χ2v) is 4.08. The van der Waals surface area contributed by atoms with Gasteiger partial charge in [-0.2, -0.15) is 0 Å². The molecule has 0 bridgehead atoms. The third-order valence-corrected chi connectivity index (χ3v) is 2.96. The van der Waals surface area contributed by atoms with Gasteiger partial charge in [0.25, 0.3) is 0 Å². The van der Waals surface area contributed by atoms with E-state index < -0.39 is 6.10 Å². The first-order valence-corrected chi connectivity index (χ1v) is 5.30. The molecule has 2 atom stereocenters. The van der Waals surface area contributed by atoms with Crippen molar-refractivity contribution in [2.24, 2.45) is 0 Å². The zero-order chi connectivity index (χ0) is 10.8. The van der Waals surface area contributed by atoms with E-state index in [1.165, 1.54) is 5.56 Å². The predicted octanol–water partition coefficient (Wildman–Crippen LogP) is 1.01. The molecule has 1 aromatic carbocycles. The van der Waals surface area contributed by atoms with Crippen molar-refractivity contribution in [1.82, 2.24) is 5.32 Å². The number of β-amino-alcohol motifs (C(OH)–C–C–N with tert-alkyl or cyclic N) is 1. The molecule has 2 N–H and O–H groups in total. The van der Waals surface area contributed by atoms with Gasteiger partial charge in [0.15, 0.2) is 0 Å². The summed E-state index contributed by atoms with van der Waals surface area (Å²) in [5, 5.41) is 12.7. The fraction of sp³-hybridized carbons (Fsp3) is 0.500. The molecule has 0 radical (unpaired) electrons. The number of rotatable bonds is 2. The van der Waals surface area contributed by atoms with Gasteiger partial charge in [0.2, 0.25) is 0 Å². The van der Waals surface area contributed by atoms with Gasteiger partial charge < -0.3 is 15.2 Å². The quantitative estimate of drug-likeness (QED) is 0.760. The van der Waals surface area contributed by atoms with Crippen molar-refractivity contribution in [3.8, 4) is 5.75 Å². The molecule has 1 aromatic rings. The largest absolute Gasteiger partial charge is 0.486 e. The summed E-state index contributed by atoms with van der Waals surface area (Å²) in [4.78, 5) is 0. The minimum absolute atomic E-state index is 0.120. The highest BCUT2D eigenvalue weighted by molar-refractivity contribution is 5.38. The van der Waals surface area contributed by atoms with E-state index in [1.807, 2.05) is 19.1 Å². The lowest BCUT2D eigenvalue weighted by Gasteiger charge is -2.18. The summed E-state index contributed by atoms with van der Waals surface area (Å²) in [6.07, 6.45) is -0.518. The molecule has 0 unspecified atom stereocenters. The molecule has 2 rings (SSSR count). The van der Waals surface area contributed by atoms with E-state index in [0.717, 1.165) is 11.3 Å². The van der Waals surface area contributed by atoms with Crippen LogP contribution in [0.3, 0.4) is 0 Å². The molecule has 3 nitrogen and oxygen atoms in total. The Balaban J connectivity index is 2.13. The second-order valence-electron chi connectivity index (χ2n) is 4.08. The van der Waals surface area contributed by atoms with Crippen LogP contribution in [0.5, 0.6) is 5.75 Å². The minimum Gasteiger partial charge on any atom is -0.486 e. The lowest BCUT2D eigenvalue weighted by molar-refractivity contribution is 0.0733. The highest BCUT2D eigenvalue weighted by Gasteiger charge is 2.26. The molecule has 1 fully saturated rings. The molecule has 1 aliphatic rings. The molecule has 0 aliphatic carbocycles. The molecule has 0 aromatic heterocycles. The maximum Gasteiger partial charge on any atom is 0.138 e. The van der Waals surface area contributed by atoms with Gasteiger partial charge in [0.1, 0.15) is 18.0 Å². The van der Waals surface area contributed by atoms with Crippen molar-refractivity contribution in [1.29, 1.82) is 0 Å². The van der Waals surface area contributed by atoms with E-state index in [0.29, 0.717) is 13.1 Å². The van der Waals surface area contributed by atoms with Crippen LogP contribution in [0.4, 0.5) is 0 Å². The van der Waals surface area contributed by atoms with Crippen LogP contribution in [0.1, 0.15) is 11.1 Å². The van der Waals surface area contributed by atoms with Crippen molar-refractivity contribution in [3.05, 3.63) is 29.3 Å². The van der Waals surface area contributed by atoms with Gasteiger partial charge in [-0.15, -0.1) is 0 Å². The van der Waals surface area contributed by atoms with Gasteiger partial charge in [-0.25, -0.2) is 0 Å². The van der Waals surface area contributed by atoms with Gasteiger partial charge in [0, 0.05) is 13.1 Å². The number of ether oxygens (including phenoxy) is 1. The summed E-state index contributed by atoms with van der Waals surface area (Å²) in [7, 11) is 0. The van der Waals surface area contributed by atoms with E-state index in [1.54, 1.807) is 0 Å². The van der Waals surface area contributed by atoms with Gasteiger partial charge in [-0.1, -0.05) is 12.1 Å². The highest BCUT2D eigenvalue weighted by Crippen LogP contribution is 2.23. The Morgan fingerprint density at radius 2 is 2.13 bits per heavy atom. The summed E-state index contributed by atoms with van der Waals surface area (Å²) in [5.41, 5.74) is 2.37. The molecule has 1 saturated heterocycles. The zero-order valence-electron chi connectivity index (χ0n) is 9.16. The third kappa shape index (κ3) is 2.13. The Bertz CT molecular complexity index is 351. The number of aliphatic hydroxyl groups is 1. The highest BCUT2D eigenvalue weighted by atomic mass is 16.5. The van der Waals surface area contributed by atoms with Crippen molar-refractivity contribution in [3.63, 3.8) is 0 Å². The van der Waals surface area contributed by atoms with E-state index >= 15 is 0 Å². The number of hydrogen-bond donors (Lipinski definition) is 2. The van der Waals surface area contributed by atoms with E-state index in [-0.39, 0.29) is 6.10 Å². The first-order valence-electron chi connectivity index (χ1n) is 5.30. The minimum atomic E-state index is -0.398. The third-order valence-electron chi connectivity index (χ3n) is 2.96. The molecular formula is C12H17NO2.